The van der Waals surface area contributed by atoms with E-state index >= 15 is 0 Å². The number of aryl methyl sites for hydroxylation is 1. The Morgan fingerprint density at radius 3 is 2.54 bits per heavy atom. The Bertz CT molecular complexity index is 312. The number of β-lactam (4-membered cyclic amide) rings is 1. The molecule has 1 aromatic rings. The molecular weight excluding hydrogens is 182 g/mol. The summed E-state index contributed by atoms with van der Waals surface area (Å²) in [5, 5.41) is 3.12. The van der Waals surface area contributed by atoms with E-state index in [9.17, 15) is 4.79 Å². The van der Waals surface area contributed by atoms with Crippen LogP contribution in [0.5, 0.6) is 0 Å². The van der Waals surface area contributed by atoms with Gasteiger partial charge < -0.3 is 5.32 Å². The van der Waals surface area contributed by atoms with E-state index in [0.29, 0.717) is 6.42 Å². The second-order valence-corrected chi connectivity index (χ2v) is 4.47. The van der Waals surface area contributed by atoms with Crippen molar-refractivity contribution in [2.24, 2.45) is 0 Å². The molecular formula is C10H11NOS. The summed E-state index contributed by atoms with van der Waals surface area (Å²) in [4.78, 5) is 11.8. The minimum Gasteiger partial charge on any atom is -0.343 e. The van der Waals surface area contributed by atoms with Gasteiger partial charge in [-0.2, -0.15) is 0 Å². The van der Waals surface area contributed by atoms with Gasteiger partial charge in [0.05, 0.1) is 11.8 Å². The lowest BCUT2D eigenvalue weighted by Gasteiger charge is -2.25. The minimum atomic E-state index is 0.157. The molecule has 1 fully saturated rings. The Balaban J connectivity index is 1.95. The number of nitrogens with one attached hydrogen (secondary N) is 1. The third kappa shape index (κ3) is 2.04. The fourth-order valence-electron chi connectivity index (χ4n) is 1.18. The van der Waals surface area contributed by atoms with Gasteiger partial charge in [-0.25, -0.2) is 0 Å². The number of carbonyl (C=O) groups excluding carboxylic acids is 1. The Labute approximate surface area is 81.7 Å². The molecule has 1 aliphatic heterocycles. The largest absolute Gasteiger partial charge is 0.343 e. The van der Waals surface area contributed by atoms with E-state index in [0.717, 1.165) is 0 Å². The van der Waals surface area contributed by atoms with Gasteiger partial charge in [0.15, 0.2) is 0 Å². The van der Waals surface area contributed by atoms with Crippen LogP contribution >= 0.6 is 11.8 Å². The maximum absolute atomic E-state index is 10.6. The van der Waals surface area contributed by atoms with Crippen molar-refractivity contribution in [2.45, 2.75) is 23.6 Å². The molecule has 68 valence electrons. The molecule has 0 aromatic heterocycles. The predicted octanol–water partition coefficient (Wildman–Crippen LogP) is 1.93. The summed E-state index contributed by atoms with van der Waals surface area (Å²) >= 11 is 1.71. The topological polar surface area (TPSA) is 29.1 Å². The van der Waals surface area contributed by atoms with Gasteiger partial charge in [0.25, 0.3) is 0 Å². The first-order valence-corrected chi connectivity index (χ1v) is 5.15. The van der Waals surface area contributed by atoms with E-state index in [1.807, 2.05) is 0 Å². The molecule has 0 radical (unpaired) electrons. The number of benzene rings is 1. The van der Waals surface area contributed by atoms with Crippen molar-refractivity contribution in [1.29, 1.82) is 0 Å². The molecule has 1 atom stereocenters. The van der Waals surface area contributed by atoms with Crippen LogP contribution < -0.4 is 5.32 Å². The standard InChI is InChI=1S/C10H11NOS/c1-7-2-4-8(5-3-7)13-10-6-9(12)11-10/h2-5,10H,6H2,1H3,(H,11,12). The zero-order valence-corrected chi connectivity index (χ0v) is 8.23. The third-order valence-corrected chi connectivity index (χ3v) is 3.11. The van der Waals surface area contributed by atoms with Crippen LogP contribution in [0.1, 0.15) is 12.0 Å². The second kappa shape index (κ2) is 3.42. The number of thioether (sulfide) groups is 1. The first kappa shape index (κ1) is 8.63. The molecule has 1 amide bonds. The molecule has 1 aromatic carbocycles. The zero-order chi connectivity index (χ0) is 9.26. The van der Waals surface area contributed by atoms with Crippen molar-refractivity contribution < 1.29 is 4.79 Å². The lowest BCUT2D eigenvalue weighted by atomic mass is 10.2. The highest BCUT2D eigenvalue weighted by molar-refractivity contribution is 8.00. The molecule has 0 saturated carbocycles. The van der Waals surface area contributed by atoms with Gasteiger partial charge in [0.2, 0.25) is 5.91 Å². The van der Waals surface area contributed by atoms with Crippen LogP contribution in [0, 0.1) is 6.92 Å². The van der Waals surface area contributed by atoms with Gasteiger partial charge in [0, 0.05) is 4.90 Å². The van der Waals surface area contributed by atoms with Crippen LogP contribution in [0.25, 0.3) is 0 Å². The molecule has 0 spiro atoms. The first-order valence-electron chi connectivity index (χ1n) is 4.27. The van der Waals surface area contributed by atoms with Crippen LogP contribution in [0.15, 0.2) is 29.2 Å². The Morgan fingerprint density at radius 1 is 1.38 bits per heavy atom. The first-order chi connectivity index (χ1) is 6.24. The molecule has 1 saturated heterocycles. The van der Waals surface area contributed by atoms with Gasteiger partial charge in [0.1, 0.15) is 0 Å². The Morgan fingerprint density at radius 2 is 2.00 bits per heavy atom. The normalized spacial score (nSPS) is 20.7. The molecule has 1 aliphatic rings. The lowest BCUT2D eigenvalue weighted by molar-refractivity contribution is -0.126. The van der Waals surface area contributed by atoms with Gasteiger partial charge in [-0.3, -0.25) is 4.79 Å². The number of carbonyl (C=O) groups is 1. The Hall–Kier alpha value is -0.960. The molecule has 1 unspecified atom stereocenters. The molecule has 3 heteroatoms. The summed E-state index contributed by atoms with van der Waals surface area (Å²) in [6, 6.07) is 8.35. The monoisotopic (exact) mass is 193 g/mol. The van der Waals surface area contributed by atoms with Crippen molar-refractivity contribution in [3.05, 3.63) is 29.8 Å². The van der Waals surface area contributed by atoms with E-state index < -0.39 is 0 Å². The molecule has 1 heterocycles. The third-order valence-electron chi connectivity index (χ3n) is 1.99. The zero-order valence-electron chi connectivity index (χ0n) is 7.41. The van der Waals surface area contributed by atoms with Gasteiger partial charge in [-0.1, -0.05) is 17.7 Å². The van der Waals surface area contributed by atoms with Crippen LogP contribution in [0.3, 0.4) is 0 Å². The van der Waals surface area contributed by atoms with E-state index in [4.69, 9.17) is 0 Å². The van der Waals surface area contributed by atoms with Crippen LogP contribution in [-0.4, -0.2) is 11.3 Å². The van der Waals surface area contributed by atoms with Gasteiger partial charge in [-0.15, -0.1) is 11.8 Å². The molecule has 13 heavy (non-hydrogen) atoms. The fourth-order valence-corrected chi connectivity index (χ4v) is 2.23. The fraction of sp³-hybridized carbons (Fsp3) is 0.300. The van der Waals surface area contributed by atoms with Crippen LogP contribution in [0.2, 0.25) is 0 Å². The predicted molar refractivity (Wildman–Crippen MR) is 53.6 cm³/mol. The highest BCUT2D eigenvalue weighted by atomic mass is 32.2. The van der Waals surface area contributed by atoms with Crippen molar-refractivity contribution in [3.8, 4) is 0 Å². The maximum Gasteiger partial charge on any atom is 0.223 e. The van der Waals surface area contributed by atoms with Gasteiger partial charge in [-0.05, 0) is 19.1 Å². The average molecular weight is 193 g/mol. The molecule has 0 aliphatic carbocycles. The summed E-state index contributed by atoms with van der Waals surface area (Å²) in [7, 11) is 0. The smallest absolute Gasteiger partial charge is 0.223 e. The molecule has 1 N–H and O–H groups in total. The van der Waals surface area contributed by atoms with E-state index in [-0.39, 0.29) is 11.3 Å². The SMILES string of the molecule is Cc1ccc(SC2CC(=O)N2)cc1. The highest BCUT2D eigenvalue weighted by Gasteiger charge is 2.25. The average Bonchev–Trinajstić information content (AvgIpc) is 2.06. The summed E-state index contributed by atoms with van der Waals surface area (Å²) in [6.45, 7) is 2.07. The van der Waals surface area contributed by atoms with E-state index in [1.54, 1.807) is 11.8 Å². The summed E-state index contributed by atoms with van der Waals surface area (Å²) < 4.78 is 0. The van der Waals surface area contributed by atoms with Crippen molar-refractivity contribution in [1.82, 2.24) is 5.32 Å². The Kier molecular flexibility index (Phi) is 2.27. The maximum atomic E-state index is 10.6. The summed E-state index contributed by atoms with van der Waals surface area (Å²) in [6.07, 6.45) is 0.651. The highest BCUT2D eigenvalue weighted by Crippen LogP contribution is 2.27. The van der Waals surface area contributed by atoms with Crippen molar-refractivity contribution >= 4 is 17.7 Å². The molecule has 0 bridgehead atoms. The van der Waals surface area contributed by atoms with Crippen molar-refractivity contribution in [3.63, 3.8) is 0 Å². The summed E-state index contributed by atoms with van der Waals surface area (Å²) in [5.41, 5.74) is 1.27. The molecule has 2 nitrogen and oxygen atoms in total. The lowest BCUT2D eigenvalue weighted by Crippen LogP contribution is -2.46. The van der Waals surface area contributed by atoms with E-state index in [1.165, 1.54) is 10.5 Å². The number of hydrogen-bond acceptors (Lipinski definition) is 2. The van der Waals surface area contributed by atoms with Crippen LogP contribution in [-0.2, 0) is 4.79 Å². The van der Waals surface area contributed by atoms with Crippen LogP contribution in [0.4, 0.5) is 0 Å². The van der Waals surface area contributed by atoms with Crippen molar-refractivity contribution in [2.75, 3.05) is 0 Å². The second-order valence-electron chi connectivity index (χ2n) is 3.19. The number of amides is 1. The van der Waals surface area contributed by atoms with Gasteiger partial charge >= 0.3 is 0 Å². The number of hydrogen-bond donors (Lipinski definition) is 1. The quantitative estimate of drug-likeness (QED) is 0.727. The minimum absolute atomic E-state index is 0.157. The summed E-state index contributed by atoms with van der Waals surface area (Å²) in [5.74, 6) is 0.157. The molecule has 2 rings (SSSR count). The number of rotatable bonds is 2. The van der Waals surface area contributed by atoms with E-state index in [2.05, 4.69) is 36.5 Å².